The molecule has 0 aromatic heterocycles. The number of hydrogen-bond acceptors (Lipinski definition) is 4. The van der Waals surface area contributed by atoms with Crippen molar-refractivity contribution in [3.8, 4) is 5.75 Å². The summed E-state index contributed by atoms with van der Waals surface area (Å²) < 4.78 is 6.21. The van der Waals surface area contributed by atoms with Gasteiger partial charge in [-0.15, -0.1) is 11.8 Å². The summed E-state index contributed by atoms with van der Waals surface area (Å²) in [4.78, 5) is 0.958. The van der Waals surface area contributed by atoms with Crippen LogP contribution in [0.1, 0.15) is 38.7 Å². The number of thioether (sulfide) groups is 1. The fourth-order valence-electron chi connectivity index (χ4n) is 3.23. The molecule has 0 heterocycles. The summed E-state index contributed by atoms with van der Waals surface area (Å²) in [5, 5.41) is 12.2. The van der Waals surface area contributed by atoms with E-state index in [1.54, 1.807) is 11.8 Å². The summed E-state index contributed by atoms with van der Waals surface area (Å²) in [6.45, 7) is 4.55. The van der Waals surface area contributed by atoms with Gasteiger partial charge >= 0.3 is 0 Å². The molecule has 0 amide bonds. The van der Waals surface area contributed by atoms with E-state index in [2.05, 4.69) is 19.0 Å². The molecule has 21 heavy (non-hydrogen) atoms. The quantitative estimate of drug-likeness (QED) is 0.292. The van der Waals surface area contributed by atoms with Gasteiger partial charge in [-0.05, 0) is 49.5 Å². The van der Waals surface area contributed by atoms with E-state index in [9.17, 15) is 0 Å². The lowest BCUT2D eigenvalue weighted by Crippen LogP contribution is -2.29. The van der Waals surface area contributed by atoms with Crippen molar-refractivity contribution in [2.45, 2.75) is 44.1 Å². The molecule has 0 saturated heterocycles. The fraction of sp³-hybridized carbons (Fsp3) is 0.562. The Balaban J connectivity index is 2.27. The predicted octanol–water partition coefficient (Wildman–Crippen LogP) is 3.71. The molecule has 1 aromatic carbocycles. The summed E-state index contributed by atoms with van der Waals surface area (Å²) >= 11 is 1.56. The number of amidine groups is 1. The van der Waals surface area contributed by atoms with Crippen molar-refractivity contribution in [1.29, 1.82) is 0 Å². The minimum absolute atomic E-state index is 0.104. The molecule has 0 radical (unpaired) electrons. The zero-order valence-electron chi connectivity index (χ0n) is 12.9. The average Bonchev–Trinajstić information content (AvgIpc) is 2.45. The van der Waals surface area contributed by atoms with Crippen molar-refractivity contribution >= 4 is 17.6 Å². The zero-order chi connectivity index (χ0) is 15.4. The van der Waals surface area contributed by atoms with E-state index in [-0.39, 0.29) is 11.9 Å². The number of benzene rings is 1. The second-order valence-corrected chi connectivity index (χ2v) is 6.82. The van der Waals surface area contributed by atoms with Gasteiger partial charge in [-0.2, -0.15) is 0 Å². The predicted molar refractivity (Wildman–Crippen MR) is 87.3 cm³/mol. The molecular formula is C16H24N2O2S. The topological polar surface area (TPSA) is 67.8 Å². The van der Waals surface area contributed by atoms with Gasteiger partial charge in [-0.3, -0.25) is 0 Å². The largest absolute Gasteiger partial charge is 0.490 e. The maximum absolute atomic E-state index is 9.02. The van der Waals surface area contributed by atoms with E-state index in [0.717, 1.165) is 17.7 Å². The van der Waals surface area contributed by atoms with Crippen LogP contribution in [0.25, 0.3) is 0 Å². The number of nitrogens with zero attached hydrogens (tertiary/aromatic N) is 1. The maximum Gasteiger partial charge on any atom is 0.174 e. The van der Waals surface area contributed by atoms with Crippen LogP contribution in [0.3, 0.4) is 0 Å². The van der Waals surface area contributed by atoms with E-state index in [0.29, 0.717) is 23.1 Å². The van der Waals surface area contributed by atoms with Crippen LogP contribution in [0.15, 0.2) is 28.3 Å². The van der Waals surface area contributed by atoms with Crippen LogP contribution in [0.2, 0.25) is 0 Å². The van der Waals surface area contributed by atoms with Gasteiger partial charge in [0.1, 0.15) is 5.75 Å². The highest BCUT2D eigenvalue weighted by atomic mass is 32.2. The number of nitrogens with two attached hydrogens (primary N) is 1. The first-order chi connectivity index (χ1) is 10.0. The van der Waals surface area contributed by atoms with Gasteiger partial charge in [0.2, 0.25) is 0 Å². The minimum atomic E-state index is 0.104. The standard InChI is InChI=1S/C16H24N2O2S/c1-10-7-11(2)9-12(8-10)20-13-5-4-6-14(21-3)15(13)16(17)18-19/h4-6,10-12,19H,7-9H2,1-3H3,(H2,17,18). The van der Waals surface area contributed by atoms with Crippen LogP contribution in [-0.4, -0.2) is 23.4 Å². The van der Waals surface area contributed by atoms with Crippen molar-refractivity contribution in [3.05, 3.63) is 23.8 Å². The van der Waals surface area contributed by atoms with Crippen molar-refractivity contribution < 1.29 is 9.94 Å². The lowest BCUT2D eigenvalue weighted by atomic mass is 9.82. The Hall–Kier alpha value is -1.36. The van der Waals surface area contributed by atoms with Gasteiger partial charge in [-0.25, -0.2) is 0 Å². The second-order valence-electron chi connectivity index (χ2n) is 5.98. The van der Waals surface area contributed by atoms with E-state index in [4.69, 9.17) is 15.7 Å². The molecule has 1 aromatic rings. The fourth-order valence-corrected chi connectivity index (χ4v) is 3.85. The van der Waals surface area contributed by atoms with E-state index in [1.165, 1.54) is 6.42 Å². The Morgan fingerprint density at radius 3 is 2.52 bits per heavy atom. The van der Waals surface area contributed by atoms with Gasteiger partial charge in [0, 0.05) is 4.90 Å². The van der Waals surface area contributed by atoms with Gasteiger partial charge in [0.15, 0.2) is 5.84 Å². The number of rotatable bonds is 4. The Morgan fingerprint density at radius 1 is 1.29 bits per heavy atom. The van der Waals surface area contributed by atoms with E-state index >= 15 is 0 Å². The Morgan fingerprint density at radius 2 is 1.95 bits per heavy atom. The van der Waals surface area contributed by atoms with Gasteiger partial charge in [-0.1, -0.05) is 25.1 Å². The highest BCUT2D eigenvalue weighted by Gasteiger charge is 2.26. The third kappa shape index (κ3) is 3.84. The second kappa shape index (κ2) is 7.07. The lowest BCUT2D eigenvalue weighted by molar-refractivity contribution is 0.101. The van der Waals surface area contributed by atoms with E-state index in [1.807, 2.05) is 24.5 Å². The Kier molecular flexibility index (Phi) is 5.39. The molecule has 1 aliphatic carbocycles. The lowest BCUT2D eigenvalue weighted by Gasteiger charge is -2.32. The van der Waals surface area contributed by atoms with Gasteiger partial charge in [0.25, 0.3) is 0 Å². The van der Waals surface area contributed by atoms with Crippen molar-refractivity contribution in [2.75, 3.05) is 6.26 Å². The third-order valence-electron chi connectivity index (χ3n) is 4.00. The molecule has 0 aliphatic heterocycles. The van der Waals surface area contributed by atoms with Crippen molar-refractivity contribution in [3.63, 3.8) is 0 Å². The third-order valence-corrected chi connectivity index (χ3v) is 4.78. The molecule has 2 atom stereocenters. The molecular weight excluding hydrogens is 284 g/mol. The molecule has 0 bridgehead atoms. The summed E-state index contributed by atoms with van der Waals surface area (Å²) in [6.07, 6.45) is 5.55. The van der Waals surface area contributed by atoms with Crippen molar-refractivity contribution in [1.82, 2.24) is 0 Å². The summed E-state index contributed by atoms with van der Waals surface area (Å²) in [5.74, 6) is 2.17. The van der Waals surface area contributed by atoms with Crippen LogP contribution in [0.4, 0.5) is 0 Å². The number of ether oxygens (including phenoxy) is 1. The molecule has 1 saturated carbocycles. The monoisotopic (exact) mass is 308 g/mol. The van der Waals surface area contributed by atoms with Gasteiger partial charge in [0.05, 0.1) is 11.7 Å². The Labute approximate surface area is 130 Å². The first kappa shape index (κ1) is 16.0. The van der Waals surface area contributed by atoms with Crippen LogP contribution in [0, 0.1) is 11.8 Å². The molecule has 2 rings (SSSR count). The maximum atomic E-state index is 9.02. The summed E-state index contributed by atoms with van der Waals surface area (Å²) in [5.41, 5.74) is 6.53. The molecule has 116 valence electrons. The highest BCUT2D eigenvalue weighted by Crippen LogP contribution is 2.34. The average molecular weight is 308 g/mol. The molecule has 3 N–H and O–H groups in total. The molecule has 4 nitrogen and oxygen atoms in total. The van der Waals surface area contributed by atoms with Crippen LogP contribution < -0.4 is 10.5 Å². The first-order valence-electron chi connectivity index (χ1n) is 7.36. The first-order valence-corrected chi connectivity index (χ1v) is 8.59. The van der Waals surface area contributed by atoms with Gasteiger partial charge < -0.3 is 15.7 Å². The summed E-state index contributed by atoms with van der Waals surface area (Å²) in [6, 6.07) is 5.80. The Bertz CT molecular complexity index is 509. The van der Waals surface area contributed by atoms with Crippen LogP contribution in [-0.2, 0) is 0 Å². The van der Waals surface area contributed by atoms with Crippen LogP contribution in [0.5, 0.6) is 5.75 Å². The molecule has 2 unspecified atom stereocenters. The number of hydrogen-bond donors (Lipinski definition) is 2. The molecule has 1 fully saturated rings. The SMILES string of the molecule is CSc1cccc(OC2CC(C)CC(C)C2)c1/C(N)=N/O. The van der Waals surface area contributed by atoms with Crippen LogP contribution >= 0.6 is 11.8 Å². The summed E-state index contributed by atoms with van der Waals surface area (Å²) in [7, 11) is 0. The molecule has 1 aliphatic rings. The minimum Gasteiger partial charge on any atom is -0.490 e. The normalized spacial score (nSPS) is 26.6. The molecule has 0 spiro atoms. The molecule has 5 heteroatoms. The van der Waals surface area contributed by atoms with Crippen molar-refractivity contribution in [2.24, 2.45) is 22.7 Å². The smallest absolute Gasteiger partial charge is 0.174 e. The highest BCUT2D eigenvalue weighted by molar-refractivity contribution is 7.98. The zero-order valence-corrected chi connectivity index (χ0v) is 13.7. The van der Waals surface area contributed by atoms with E-state index < -0.39 is 0 Å². The number of oxime groups is 1.